The molecule has 0 spiro atoms. The van der Waals surface area contributed by atoms with E-state index in [1.165, 1.54) is 13.1 Å². The highest BCUT2D eigenvalue weighted by molar-refractivity contribution is 6.30. The average Bonchev–Trinajstić information content (AvgIpc) is 2.53. The summed E-state index contributed by atoms with van der Waals surface area (Å²) in [6.07, 6.45) is 0. The van der Waals surface area contributed by atoms with E-state index in [1.54, 1.807) is 43.3 Å². The molecular formula is C17H16ClN3O4. The Hall–Kier alpha value is -2.93. The van der Waals surface area contributed by atoms with E-state index in [4.69, 9.17) is 11.6 Å². The summed E-state index contributed by atoms with van der Waals surface area (Å²) in [6.45, 7) is 1.30. The van der Waals surface area contributed by atoms with E-state index in [0.29, 0.717) is 16.3 Å². The second kappa shape index (κ2) is 7.76. The second-order valence-electron chi connectivity index (χ2n) is 5.45. The van der Waals surface area contributed by atoms with E-state index in [1.807, 2.05) is 0 Å². The number of rotatable bonds is 5. The van der Waals surface area contributed by atoms with Gasteiger partial charge in [-0.3, -0.25) is 19.7 Å². The molecule has 0 aromatic heterocycles. The Bertz CT molecular complexity index is 838. The molecule has 0 unspecified atom stereocenters. The Morgan fingerprint density at radius 2 is 1.92 bits per heavy atom. The van der Waals surface area contributed by atoms with Crippen LogP contribution < -0.4 is 5.32 Å². The highest BCUT2D eigenvalue weighted by Crippen LogP contribution is 2.24. The van der Waals surface area contributed by atoms with Gasteiger partial charge in [0.2, 0.25) is 5.91 Å². The smallest absolute Gasteiger partial charge is 0.285 e. The molecule has 0 fully saturated rings. The Morgan fingerprint density at radius 1 is 1.24 bits per heavy atom. The molecule has 0 bridgehead atoms. The normalized spacial score (nSPS) is 10.2. The lowest BCUT2D eigenvalue weighted by Crippen LogP contribution is -2.35. The number of likely N-dealkylation sites (N-methyl/N-ethyl adjacent to an activating group) is 1. The van der Waals surface area contributed by atoms with Gasteiger partial charge in [-0.1, -0.05) is 29.8 Å². The number of hydrogen-bond acceptors (Lipinski definition) is 4. The van der Waals surface area contributed by atoms with E-state index >= 15 is 0 Å². The first-order chi connectivity index (χ1) is 11.8. The first-order valence-electron chi connectivity index (χ1n) is 7.34. The Balaban J connectivity index is 2.12. The lowest BCUT2D eigenvalue weighted by atomic mass is 10.1. The van der Waals surface area contributed by atoms with Crippen molar-refractivity contribution in [2.45, 2.75) is 6.92 Å². The lowest BCUT2D eigenvalue weighted by molar-refractivity contribution is -0.385. The van der Waals surface area contributed by atoms with Crippen LogP contribution in [0.1, 0.15) is 15.9 Å². The summed E-state index contributed by atoms with van der Waals surface area (Å²) in [5, 5.41) is 14.3. The predicted octanol–water partition coefficient (Wildman–Crippen LogP) is 3.27. The first kappa shape index (κ1) is 18.4. The summed E-state index contributed by atoms with van der Waals surface area (Å²) in [6, 6.07) is 11.1. The molecule has 0 atom stereocenters. The summed E-state index contributed by atoms with van der Waals surface area (Å²) in [7, 11) is 1.41. The van der Waals surface area contributed by atoms with Crippen LogP contribution >= 0.6 is 11.6 Å². The maximum atomic E-state index is 12.5. The molecule has 130 valence electrons. The Morgan fingerprint density at radius 3 is 2.56 bits per heavy atom. The number of nitro benzene ring substituents is 1. The molecule has 0 heterocycles. The quantitative estimate of drug-likeness (QED) is 0.653. The molecule has 2 amide bonds. The minimum atomic E-state index is -0.600. The lowest BCUT2D eigenvalue weighted by Gasteiger charge is -2.17. The molecule has 0 saturated carbocycles. The molecule has 0 saturated heterocycles. The van der Waals surface area contributed by atoms with Crippen molar-refractivity contribution in [3.05, 3.63) is 68.7 Å². The van der Waals surface area contributed by atoms with Crippen LogP contribution in [0.5, 0.6) is 0 Å². The number of halogens is 1. The third-order valence-electron chi connectivity index (χ3n) is 3.49. The van der Waals surface area contributed by atoms with Crippen LogP contribution in [0.25, 0.3) is 0 Å². The SMILES string of the molecule is Cc1cccc(C(=O)N(C)CC(=O)Nc2cccc(Cl)c2)c1[N+](=O)[O-]. The fourth-order valence-corrected chi connectivity index (χ4v) is 2.52. The first-order valence-corrected chi connectivity index (χ1v) is 7.72. The van der Waals surface area contributed by atoms with Gasteiger partial charge in [0.05, 0.1) is 11.5 Å². The number of hydrogen-bond donors (Lipinski definition) is 1. The Kier molecular flexibility index (Phi) is 5.71. The van der Waals surface area contributed by atoms with Crippen LogP contribution in [0.4, 0.5) is 11.4 Å². The number of nitro groups is 1. The van der Waals surface area contributed by atoms with Gasteiger partial charge in [0.1, 0.15) is 5.56 Å². The summed E-state index contributed by atoms with van der Waals surface area (Å²) in [4.78, 5) is 36.3. The number of amides is 2. The van der Waals surface area contributed by atoms with Gasteiger partial charge in [0, 0.05) is 23.3 Å². The van der Waals surface area contributed by atoms with Crippen molar-refractivity contribution < 1.29 is 14.5 Å². The maximum Gasteiger partial charge on any atom is 0.285 e. The number of anilines is 1. The number of nitrogens with one attached hydrogen (secondary N) is 1. The van der Waals surface area contributed by atoms with Crippen LogP contribution in [-0.2, 0) is 4.79 Å². The highest BCUT2D eigenvalue weighted by atomic mass is 35.5. The number of aryl methyl sites for hydroxylation is 1. The van der Waals surface area contributed by atoms with E-state index in [2.05, 4.69) is 5.32 Å². The van der Waals surface area contributed by atoms with Gasteiger partial charge in [0.15, 0.2) is 0 Å². The number of carbonyl (C=O) groups excluding carboxylic acids is 2. The molecule has 2 rings (SSSR count). The van der Waals surface area contributed by atoms with Crippen molar-refractivity contribution in [1.29, 1.82) is 0 Å². The summed E-state index contributed by atoms with van der Waals surface area (Å²) in [5.74, 6) is -1.04. The van der Waals surface area contributed by atoms with Crippen LogP contribution in [-0.4, -0.2) is 35.2 Å². The molecule has 7 nitrogen and oxygen atoms in total. The predicted molar refractivity (Wildman–Crippen MR) is 94.9 cm³/mol. The average molecular weight is 362 g/mol. The van der Waals surface area contributed by atoms with Crippen molar-refractivity contribution in [3.8, 4) is 0 Å². The monoisotopic (exact) mass is 361 g/mol. The van der Waals surface area contributed by atoms with E-state index < -0.39 is 16.7 Å². The zero-order chi connectivity index (χ0) is 18.6. The zero-order valence-corrected chi connectivity index (χ0v) is 14.4. The number of benzene rings is 2. The van der Waals surface area contributed by atoms with Gasteiger partial charge in [0.25, 0.3) is 11.6 Å². The molecule has 0 aliphatic carbocycles. The third-order valence-corrected chi connectivity index (χ3v) is 3.72. The van der Waals surface area contributed by atoms with Gasteiger partial charge in [-0.2, -0.15) is 0 Å². The van der Waals surface area contributed by atoms with Gasteiger partial charge >= 0.3 is 0 Å². The van der Waals surface area contributed by atoms with E-state index in [0.717, 1.165) is 4.90 Å². The standard InChI is InChI=1S/C17H16ClN3O4/c1-11-5-3-8-14(16(11)21(24)25)17(23)20(2)10-15(22)19-13-7-4-6-12(18)9-13/h3-9H,10H2,1-2H3,(H,19,22). The second-order valence-corrected chi connectivity index (χ2v) is 5.88. The van der Waals surface area contributed by atoms with E-state index in [-0.39, 0.29) is 17.8 Å². The van der Waals surface area contributed by atoms with Crippen LogP contribution in [0.3, 0.4) is 0 Å². The molecule has 2 aromatic carbocycles. The van der Waals surface area contributed by atoms with Gasteiger partial charge in [-0.25, -0.2) is 0 Å². The van der Waals surface area contributed by atoms with Gasteiger partial charge in [-0.05, 0) is 31.2 Å². The number of para-hydroxylation sites is 1. The minimum Gasteiger partial charge on any atom is -0.332 e. The zero-order valence-electron chi connectivity index (χ0n) is 13.7. The van der Waals surface area contributed by atoms with Crippen LogP contribution in [0.2, 0.25) is 5.02 Å². The molecular weight excluding hydrogens is 346 g/mol. The molecule has 1 N–H and O–H groups in total. The van der Waals surface area contributed by atoms with E-state index in [9.17, 15) is 19.7 Å². The maximum absolute atomic E-state index is 12.5. The summed E-state index contributed by atoms with van der Waals surface area (Å²) in [5.41, 5.74) is 0.574. The van der Waals surface area contributed by atoms with Crippen molar-refractivity contribution in [2.75, 3.05) is 18.9 Å². The van der Waals surface area contributed by atoms with Crippen LogP contribution in [0.15, 0.2) is 42.5 Å². The van der Waals surface area contributed by atoms with Crippen molar-refractivity contribution in [2.24, 2.45) is 0 Å². The molecule has 25 heavy (non-hydrogen) atoms. The molecule has 0 aliphatic rings. The molecule has 8 heteroatoms. The van der Waals surface area contributed by atoms with Gasteiger partial charge < -0.3 is 10.2 Å². The number of carbonyl (C=O) groups is 2. The molecule has 0 aliphatic heterocycles. The minimum absolute atomic E-state index is 0.0527. The highest BCUT2D eigenvalue weighted by Gasteiger charge is 2.25. The summed E-state index contributed by atoms with van der Waals surface area (Å²) >= 11 is 5.85. The van der Waals surface area contributed by atoms with Crippen molar-refractivity contribution >= 4 is 34.8 Å². The topological polar surface area (TPSA) is 92.6 Å². The fraction of sp³-hybridized carbons (Fsp3) is 0.176. The molecule has 2 aromatic rings. The van der Waals surface area contributed by atoms with Crippen molar-refractivity contribution in [3.63, 3.8) is 0 Å². The fourth-order valence-electron chi connectivity index (χ4n) is 2.33. The molecule has 0 radical (unpaired) electrons. The Labute approximate surface area is 149 Å². The number of nitrogens with zero attached hydrogens (tertiary/aromatic N) is 2. The van der Waals surface area contributed by atoms with Crippen molar-refractivity contribution in [1.82, 2.24) is 4.90 Å². The third kappa shape index (κ3) is 4.54. The summed E-state index contributed by atoms with van der Waals surface area (Å²) < 4.78 is 0. The largest absolute Gasteiger partial charge is 0.332 e. The van der Waals surface area contributed by atoms with Crippen LogP contribution in [0, 0.1) is 17.0 Å². The van der Waals surface area contributed by atoms with Gasteiger partial charge in [-0.15, -0.1) is 0 Å².